The molecule has 0 spiro atoms. The quantitative estimate of drug-likeness (QED) is 0.639. The van der Waals surface area contributed by atoms with Crippen molar-refractivity contribution in [3.8, 4) is 5.06 Å². The van der Waals surface area contributed by atoms with E-state index in [4.69, 9.17) is 4.74 Å². The van der Waals surface area contributed by atoms with Gasteiger partial charge in [0.05, 0.1) is 11.5 Å². The van der Waals surface area contributed by atoms with Gasteiger partial charge < -0.3 is 4.74 Å². The number of ether oxygens (including phenoxy) is 1. The summed E-state index contributed by atoms with van der Waals surface area (Å²) in [4.78, 5) is 0.969. The number of benzene rings is 1. The van der Waals surface area contributed by atoms with Gasteiger partial charge in [0, 0.05) is 13.7 Å². The maximum absolute atomic E-state index is 5.52. The van der Waals surface area contributed by atoms with Crippen LogP contribution in [0.15, 0.2) is 23.1 Å². The lowest BCUT2D eigenvalue weighted by atomic mass is 10.3. The lowest BCUT2D eigenvalue weighted by Gasteiger charge is -1.98. The molecule has 0 aliphatic carbocycles. The average Bonchev–Trinajstić information content (AvgIpc) is 2.46. The predicted octanol–water partition coefficient (Wildman–Crippen LogP) is 4.19. The topological polar surface area (TPSA) is 9.23 Å². The molecule has 74 valence electrons. The van der Waals surface area contributed by atoms with Gasteiger partial charge in [-0.1, -0.05) is 17.4 Å². The van der Waals surface area contributed by atoms with Crippen LogP contribution < -0.4 is 4.74 Å². The zero-order valence-corrected chi connectivity index (χ0v) is 11.4. The Morgan fingerprint density at radius 3 is 2.93 bits per heavy atom. The Kier molecular flexibility index (Phi) is 3.23. The van der Waals surface area contributed by atoms with Gasteiger partial charge in [0.1, 0.15) is 0 Å². The van der Waals surface area contributed by atoms with Gasteiger partial charge in [0.25, 0.3) is 0 Å². The van der Waals surface area contributed by atoms with Crippen LogP contribution in [0, 0.1) is 3.57 Å². The third kappa shape index (κ3) is 1.75. The first kappa shape index (κ1) is 10.6. The highest BCUT2D eigenvalue weighted by atomic mass is 127. The molecule has 4 heteroatoms. The van der Waals surface area contributed by atoms with Crippen molar-refractivity contribution < 1.29 is 4.74 Å². The smallest absolute Gasteiger partial charge is 0.188 e. The molecule has 0 aliphatic heterocycles. The molecular weight excluding hydrogens is 327 g/mol. The van der Waals surface area contributed by atoms with Gasteiger partial charge in [-0.05, 0) is 41.6 Å². The molecule has 0 saturated carbocycles. The maximum atomic E-state index is 5.52. The third-order valence-electron chi connectivity index (χ3n) is 1.88. The highest BCUT2D eigenvalue weighted by Crippen LogP contribution is 2.41. The summed E-state index contributed by atoms with van der Waals surface area (Å²) in [5, 5.41) is 2.14. The van der Waals surface area contributed by atoms with E-state index in [0.29, 0.717) is 6.61 Å². The Morgan fingerprint density at radius 1 is 1.50 bits per heavy atom. The van der Waals surface area contributed by atoms with Gasteiger partial charge in [0.2, 0.25) is 0 Å². The highest BCUT2D eigenvalue weighted by Gasteiger charge is 2.11. The normalized spacial score (nSPS) is 10.8. The third-order valence-corrected chi connectivity index (χ3v) is 4.43. The van der Waals surface area contributed by atoms with Crippen molar-refractivity contribution in [1.29, 1.82) is 0 Å². The van der Waals surface area contributed by atoms with Crippen molar-refractivity contribution >= 4 is 56.6 Å². The summed E-state index contributed by atoms with van der Waals surface area (Å²) >= 11 is 8.49. The van der Waals surface area contributed by atoms with E-state index in [0.717, 1.165) is 9.96 Å². The molecule has 1 heterocycles. The van der Waals surface area contributed by atoms with Crippen LogP contribution in [0.25, 0.3) is 10.1 Å². The zero-order chi connectivity index (χ0) is 10.1. The molecule has 0 fully saturated rings. The van der Waals surface area contributed by atoms with Crippen molar-refractivity contribution in [3.05, 3.63) is 21.8 Å². The number of rotatable bonds is 2. The summed E-state index contributed by atoms with van der Waals surface area (Å²) < 4.78 is 7.99. The van der Waals surface area contributed by atoms with Gasteiger partial charge >= 0.3 is 0 Å². The van der Waals surface area contributed by atoms with Crippen LogP contribution in [0.3, 0.4) is 0 Å². The summed E-state index contributed by atoms with van der Waals surface area (Å²) in [5.74, 6) is 0. The largest absolute Gasteiger partial charge is 0.483 e. The summed E-state index contributed by atoms with van der Waals surface area (Å²) in [6.45, 7) is 2.68. The lowest BCUT2D eigenvalue weighted by molar-refractivity contribution is 0.344. The van der Waals surface area contributed by atoms with E-state index < -0.39 is 0 Å². The number of hydrogen-bond donors (Lipinski definition) is 1. The van der Waals surface area contributed by atoms with E-state index >= 15 is 0 Å². The molecule has 1 aromatic carbocycles. The van der Waals surface area contributed by atoms with E-state index in [1.807, 2.05) is 6.92 Å². The van der Waals surface area contributed by atoms with Crippen molar-refractivity contribution in [3.63, 3.8) is 0 Å². The number of hydrogen-bond acceptors (Lipinski definition) is 3. The van der Waals surface area contributed by atoms with E-state index in [9.17, 15) is 0 Å². The fraction of sp³-hybridized carbons (Fsp3) is 0.200. The molecule has 14 heavy (non-hydrogen) atoms. The second-order valence-electron chi connectivity index (χ2n) is 2.78. The Bertz CT molecular complexity index is 464. The lowest BCUT2D eigenvalue weighted by Crippen LogP contribution is -1.88. The number of halogens is 1. The second kappa shape index (κ2) is 4.28. The minimum absolute atomic E-state index is 0.691. The summed E-state index contributed by atoms with van der Waals surface area (Å²) in [6, 6.07) is 6.25. The molecule has 2 rings (SSSR count). The predicted molar refractivity (Wildman–Crippen MR) is 73.0 cm³/mol. The van der Waals surface area contributed by atoms with Crippen LogP contribution in [0.2, 0.25) is 0 Å². The number of thiophene rings is 1. The minimum atomic E-state index is 0.691. The van der Waals surface area contributed by atoms with Crippen molar-refractivity contribution in [2.75, 3.05) is 6.61 Å². The summed E-state index contributed by atoms with van der Waals surface area (Å²) in [7, 11) is 0. The second-order valence-corrected chi connectivity index (χ2v) is 5.41. The SMILES string of the molecule is CCOc1sc2cccc(I)c2c1S. The van der Waals surface area contributed by atoms with Gasteiger partial charge in [-0.3, -0.25) is 0 Å². The monoisotopic (exact) mass is 336 g/mol. The van der Waals surface area contributed by atoms with E-state index in [1.165, 1.54) is 13.7 Å². The Labute approximate surface area is 106 Å². The summed E-state index contributed by atoms with van der Waals surface area (Å²) in [5.41, 5.74) is 0. The number of thiol groups is 1. The Balaban J connectivity index is 2.68. The zero-order valence-electron chi connectivity index (χ0n) is 7.58. The van der Waals surface area contributed by atoms with Crippen molar-refractivity contribution in [2.45, 2.75) is 11.8 Å². The van der Waals surface area contributed by atoms with Crippen LogP contribution in [-0.2, 0) is 0 Å². The van der Waals surface area contributed by atoms with Gasteiger partial charge in [-0.15, -0.1) is 12.6 Å². The molecule has 0 unspecified atom stereocenters. The van der Waals surface area contributed by atoms with Crippen LogP contribution >= 0.6 is 46.6 Å². The molecule has 0 bridgehead atoms. The van der Waals surface area contributed by atoms with E-state index in [-0.39, 0.29) is 0 Å². The molecule has 1 nitrogen and oxygen atoms in total. The van der Waals surface area contributed by atoms with Crippen LogP contribution in [0.5, 0.6) is 5.06 Å². The minimum Gasteiger partial charge on any atom is -0.483 e. The van der Waals surface area contributed by atoms with Crippen LogP contribution in [-0.4, -0.2) is 6.61 Å². The van der Waals surface area contributed by atoms with E-state index in [2.05, 4.69) is 53.4 Å². The van der Waals surface area contributed by atoms with Gasteiger partial charge in [-0.25, -0.2) is 0 Å². The standard InChI is InChI=1S/C10H9IOS2/c1-2-12-10-9(13)8-6(11)4-3-5-7(8)14-10/h3-5,13H,2H2,1H3. The number of fused-ring (bicyclic) bond motifs is 1. The van der Waals surface area contributed by atoms with Crippen molar-refractivity contribution in [2.24, 2.45) is 0 Å². The Morgan fingerprint density at radius 2 is 2.29 bits per heavy atom. The van der Waals surface area contributed by atoms with Crippen LogP contribution in [0.1, 0.15) is 6.92 Å². The molecule has 1 aromatic heterocycles. The molecule has 0 atom stereocenters. The molecule has 0 saturated heterocycles. The first-order valence-electron chi connectivity index (χ1n) is 4.26. The maximum Gasteiger partial charge on any atom is 0.188 e. The first-order chi connectivity index (χ1) is 6.74. The fourth-order valence-corrected chi connectivity index (χ4v) is 4.02. The summed E-state index contributed by atoms with van der Waals surface area (Å²) in [6.07, 6.45) is 0. The fourth-order valence-electron chi connectivity index (χ4n) is 1.30. The Hall–Kier alpha value is 0.0600. The van der Waals surface area contributed by atoms with Gasteiger partial charge in [0.15, 0.2) is 5.06 Å². The van der Waals surface area contributed by atoms with Gasteiger partial charge in [-0.2, -0.15) is 0 Å². The van der Waals surface area contributed by atoms with Crippen LogP contribution in [0.4, 0.5) is 0 Å². The average molecular weight is 336 g/mol. The highest BCUT2D eigenvalue weighted by molar-refractivity contribution is 14.1. The molecule has 0 aliphatic rings. The molecule has 0 N–H and O–H groups in total. The molecule has 2 aromatic rings. The first-order valence-corrected chi connectivity index (χ1v) is 6.61. The molecular formula is C10H9IOS2. The molecule has 0 amide bonds. The van der Waals surface area contributed by atoms with Crippen molar-refractivity contribution in [1.82, 2.24) is 0 Å². The molecule has 0 radical (unpaired) electrons. The van der Waals surface area contributed by atoms with E-state index in [1.54, 1.807) is 11.3 Å².